The van der Waals surface area contributed by atoms with Crippen molar-refractivity contribution in [1.82, 2.24) is 4.90 Å². The number of hydrogen-bond acceptors (Lipinski definition) is 3. The molecule has 1 N–H and O–H groups in total. The van der Waals surface area contributed by atoms with E-state index in [2.05, 4.69) is 5.32 Å². The Morgan fingerprint density at radius 1 is 1.00 bits per heavy atom. The first-order valence-corrected chi connectivity index (χ1v) is 8.91. The van der Waals surface area contributed by atoms with Crippen LogP contribution in [0.15, 0.2) is 48.5 Å². The lowest BCUT2D eigenvalue weighted by molar-refractivity contribution is -0.121. The number of amides is 2. The van der Waals surface area contributed by atoms with Gasteiger partial charge in [-0.25, -0.2) is 4.39 Å². The van der Waals surface area contributed by atoms with Gasteiger partial charge in [0.25, 0.3) is 5.91 Å². The zero-order valence-corrected chi connectivity index (χ0v) is 15.1. The smallest absolute Gasteiger partial charge is 0.253 e. The molecule has 0 aliphatic carbocycles. The van der Waals surface area contributed by atoms with Gasteiger partial charge in [0.1, 0.15) is 5.82 Å². The fraction of sp³-hybridized carbons (Fsp3) is 0.286. The van der Waals surface area contributed by atoms with Crippen molar-refractivity contribution in [1.29, 1.82) is 0 Å². The van der Waals surface area contributed by atoms with E-state index < -0.39 is 5.82 Å². The van der Waals surface area contributed by atoms with Crippen molar-refractivity contribution < 1.29 is 18.8 Å². The fourth-order valence-corrected chi connectivity index (χ4v) is 3.21. The molecule has 27 heavy (non-hydrogen) atoms. The Kier molecular flexibility index (Phi) is 5.64. The van der Waals surface area contributed by atoms with E-state index in [1.807, 2.05) is 0 Å². The van der Waals surface area contributed by atoms with Crippen LogP contribution in [0, 0.1) is 11.7 Å². The first-order valence-electron chi connectivity index (χ1n) is 8.91. The molecule has 0 unspecified atom stereocenters. The average molecular weight is 368 g/mol. The highest BCUT2D eigenvalue weighted by molar-refractivity contribution is 5.98. The number of likely N-dealkylation sites (tertiary alicyclic amines) is 1. The van der Waals surface area contributed by atoms with Gasteiger partial charge in [-0.3, -0.25) is 14.4 Å². The lowest BCUT2D eigenvalue weighted by atomic mass is 9.95. The van der Waals surface area contributed by atoms with Crippen LogP contribution >= 0.6 is 0 Å². The van der Waals surface area contributed by atoms with Crippen LogP contribution in [0.4, 0.5) is 10.1 Å². The SMILES string of the molecule is CC(=O)c1cccc(NC(=O)C2CCN(C(=O)c3cccc(F)c3)CC2)c1. The maximum Gasteiger partial charge on any atom is 0.253 e. The molecule has 1 saturated heterocycles. The number of halogens is 1. The molecule has 2 aromatic rings. The van der Waals surface area contributed by atoms with Crippen molar-refractivity contribution >= 4 is 23.3 Å². The molecule has 0 radical (unpaired) electrons. The molecule has 6 heteroatoms. The molecule has 5 nitrogen and oxygen atoms in total. The van der Waals surface area contributed by atoms with Gasteiger partial charge >= 0.3 is 0 Å². The number of piperidine rings is 1. The number of anilines is 1. The highest BCUT2D eigenvalue weighted by Crippen LogP contribution is 2.22. The Morgan fingerprint density at radius 2 is 1.67 bits per heavy atom. The predicted molar refractivity (Wildman–Crippen MR) is 100 cm³/mol. The van der Waals surface area contributed by atoms with Crippen LogP contribution in [0.1, 0.15) is 40.5 Å². The van der Waals surface area contributed by atoms with Crippen LogP contribution in [0.25, 0.3) is 0 Å². The van der Waals surface area contributed by atoms with Gasteiger partial charge in [-0.05, 0) is 50.1 Å². The minimum Gasteiger partial charge on any atom is -0.339 e. The zero-order valence-electron chi connectivity index (χ0n) is 15.1. The number of hydrogen-bond donors (Lipinski definition) is 1. The maximum atomic E-state index is 13.3. The van der Waals surface area contributed by atoms with Crippen molar-refractivity contribution in [2.75, 3.05) is 18.4 Å². The second kappa shape index (κ2) is 8.12. The highest BCUT2D eigenvalue weighted by atomic mass is 19.1. The van der Waals surface area contributed by atoms with Crippen molar-refractivity contribution in [2.45, 2.75) is 19.8 Å². The highest BCUT2D eigenvalue weighted by Gasteiger charge is 2.28. The number of carbonyl (C=O) groups is 3. The van der Waals surface area contributed by atoms with Crippen LogP contribution in [0.2, 0.25) is 0 Å². The van der Waals surface area contributed by atoms with E-state index in [1.165, 1.54) is 25.1 Å². The standard InChI is InChI=1S/C21H21FN2O3/c1-14(25)16-4-3-7-19(13-16)23-20(26)15-8-10-24(11-9-15)21(27)17-5-2-6-18(22)12-17/h2-7,12-13,15H,8-11H2,1H3,(H,23,26). The fourth-order valence-electron chi connectivity index (χ4n) is 3.21. The monoisotopic (exact) mass is 368 g/mol. The van der Waals surface area contributed by atoms with Crippen LogP contribution in [-0.4, -0.2) is 35.6 Å². The van der Waals surface area contributed by atoms with Gasteiger partial charge in [-0.2, -0.15) is 0 Å². The van der Waals surface area contributed by atoms with E-state index in [1.54, 1.807) is 35.2 Å². The Morgan fingerprint density at radius 3 is 2.33 bits per heavy atom. The van der Waals surface area contributed by atoms with Crippen molar-refractivity contribution in [3.8, 4) is 0 Å². The lowest BCUT2D eigenvalue weighted by Crippen LogP contribution is -2.41. The lowest BCUT2D eigenvalue weighted by Gasteiger charge is -2.31. The molecule has 0 bridgehead atoms. The summed E-state index contributed by atoms with van der Waals surface area (Å²) < 4.78 is 13.3. The molecular weight excluding hydrogens is 347 g/mol. The maximum absolute atomic E-state index is 13.3. The Balaban J connectivity index is 1.57. The van der Waals surface area contributed by atoms with Gasteiger partial charge in [-0.15, -0.1) is 0 Å². The minimum absolute atomic E-state index is 0.0599. The van der Waals surface area contributed by atoms with Gasteiger partial charge in [-0.1, -0.05) is 18.2 Å². The molecule has 3 rings (SSSR count). The molecule has 1 fully saturated rings. The van der Waals surface area contributed by atoms with E-state index in [0.717, 1.165) is 0 Å². The van der Waals surface area contributed by atoms with E-state index in [0.29, 0.717) is 42.7 Å². The zero-order chi connectivity index (χ0) is 19.4. The van der Waals surface area contributed by atoms with Gasteiger partial charge in [0, 0.05) is 35.8 Å². The Hall–Kier alpha value is -3.02. The number of benzene rings is 2. The van der Waals surface area contributed by atoms with Crippen LogP contribution in [0.3, 0.4) is 0 Å². The molecular formula is C21H21FN2O3. The topological polar surface area (TPSA) is 66.5 Å². The minimum atomic E-state index is -0.442. The molecule has 0 atom stereocenters. The largest absolute Gasteiger partial charge is 0.339 e. The second-order valence-corrected chi connectivity index (χ2v) is 6.70. The van der Waals surface area contributed by atoms with E-state index >= 15 is 0 Å². The van der Waals surface area contributed by atoms with Gasteiger partial charge in [0.05, 0.1) is 0 Å². The van der Waals surface area contributed by atoms with Gasteiger partial charge in [0.2, 0.25) is 5.91 Å². The average Bonchev–Trinajstić information content (AvgIpc) is 2.67. The van der Waals surface area contributed by atoms with Gasteiger partial charge in [0.15, 0.2) is 5.78 Å². The Bertz CT molecular complexity index is 873. The van der Waals surface area contributed by atoms with Crippen molar-refractivity contribution in [3.63, 3.8) is 0 Å². The molecule has 2 aromatic carbocycles. The number of nitrogens with one attached hydrogen (secondary N) is 1. The first kappa shape index (κ1) is 18.8. The molecule has 140 valence electrons. The Labute approximate surface area is 157 Å². The summed E-state index contributed by atoms with van der Waals surface area (Å²) in [5.41, 5.74) is 1.45. The van der Waals surface area contributed by atoms with Crippen molar-refractivity contribution in [2.24, 2.45) is 5.92 Å². The van der Waals surface area contributed by atoms with Gasteiger partial charge < -0.3 is 10.2 Å². The molecule has 0 spiro atoms. The summed E-state index contributed by atoms with van der Waals surface area (Å²) >= 11 is 0. The number of rotatable bonds is 4. The van der Waals surface area contributed by atoms with E-state index in [9.17, 15) is 18.8 Å². The number of ketones is 1. The van der Waals surface area contributed by atoms with E-state index in [4.69, 9.17) is 0 Å². The second-order valence-electron chi connectivity index (χ2n) is 6.70. The third-order valence-electron chi connectivity index (χ3n) is 4.76. The molecule has 1 heterocycles. The summed E-state index contributed by atoms with van der Waals surface area (Å²) in [7, 11) is 0. The third-order valence-corrected chi connectivity index (χ3v) is 4.76. The van der Waals surface area contributed by atoms with Crippen LogP contribution in [0.5, 0.6) is 0 Å². The summed E-state index contributed by atoms with van der Waals surface area (Å²) in [5.74, 6) is -1.04. The number of nitrogens with zero attached hydrogens (tertiary/aromatic N) is 1. The quantitative estimate of drug-likeness (QED) is 0.840. The molecule has 0 aromatic heterocycles. The number of carbonyl (C=O) groups excluding carboxylic acids is 3. The summed E-state index contributed by atoms with van der Waals surface area (Å²) in [6.45, 7) is 2.37. The third kappa shape index (κ3) is 4.58. The summed E-state index contributed by atoms with van der Waals surface area (Å²) in [6, 6.07) is 12.5. The predicted octanol–water partition coefficient (Wildman–Crippen LogP) is 3.52. The molecule has 1 aliphatic rings. The summed E-state index contributed by atoms with van der Waals surface area (Å²) in [5, 5.41) is 2.85. The van der Waals surface area contributed by atoms with Crippen LogP contribution < -0.4 is 5.32 Å². The molecule has 2 amide bonds. The summed E-state index contributed by atoms with van der Waals surface area (Å²) in [6.07, 6.45) is 1.08. The summed E-state index contributed by atoms with van der Waals surface area (Å²) in [4.78, 5) is 38.0. The molecule has 1 aliphatic heterocycles. The number of Topliss-reactive ketones (excluding diaryl/α,β-unsaturated/α-hetero) is 1. The first-order chi connectivity index (χ1) is 12.9. The van der Waals surface area contributed by atoms with Crippen LogP contribution in [-0.2, 0) is 4.79 Å². The normalized spacial score (nSPS) is 14.7. The van der Waals surface area contributed by atoms with Crippen molar-refractivity contribution in [3.05, 3.63) is 65.5 Å². The van der Waals surface area contributed by atoms with E-state index in [-0.39, 0.29) is 23.5 Å². The molecule has 0 saturated carbocycles.